The first-order valence-corrected chi connectivity index (χ1v) is 6.87. The molecule has 0 saturated carbocycles. The van der Waals surface area contributed by atoms with Gasteiger partial charge in [0, 0.05) is 12.6 Å². The van der Waals surface area contributed by atoms with E-state index in [0.717, 1.165) is 13.0 Å². The smallest absolute Gasteiger partial charge is 0.248 e. The number of carbonyl (C=O) groups excluding carboxylic acids is 1. The summed E-state index contributed by atoms with van der Waals surface area (Å²) in [6.07, 6.45) is 9.51. The van der Waals surface area contributed by atoms with E-state index in [-0.39, 0.29) is 5.91 Å². The van der Waals surface area contributed by atoms with Crippen molar-refractivity contribution in [3.8, 4) is 0 Å². The summed E-state index contributed by atoms with van der Waals surface area (Å²) in [6.45, 7) is 8.03. The van der Waals surface area contributed by atoms with Gasteiger partial charge in [0.1, 0.15) is 6.73 Å². The van der Waals surface area contributed by atoms with E-state index < -0.39 is 0 Å². The molecule has 0 bridgehead atoms. The molecule has 0 aliphatic carbocycles. The summed E-state index contributed by atoms with van der Waals surface area (Å²) >= 11 is 0. The summed E-state index contributed by atoms with van der Waals surface area (Å²) < 4.78 is 5.27. The molecule has 1 heterocycles. The van der Waals surface area contributed by atoms with Crippen LogP contribution in [0.2, 0.25) is 0 Å². The van der Waals surface area contributed by atoms with E-state index >= 15 is 0 Å². The lowest BCUT2D eigenvalue weighted by Gasteiger charge is -2.18. The largest absolute Gasteiger partial charge is 0.357 e. The number of hydrogen-bond donors (Lipinski definition) is 0. The van der Waals surface area contributed by atoms with Crippen LogP contribution in [0.25, 0.3) is 0 Å². The Bertz CT molecular complexity index is 214. The van der Waals surface area contributed by atoms with Crippen LogP contribution in [0.15, 0.2) is 12.2 Å². The third-order valence-corrected chi connectivity index (χ3v) is 2.56. The molecule has 3 nitrogen and oxygen atoms in total. The molecule has 1 rings (SSSR count). The van der Waals surface area contributed by atoms with Gasteiger partial charge >= 0.3 is 0 Å². The normalized spacial score (nSPS) is 15.2. The molecule has 0 radical (unpaired) electrons. The Morgan fingerprint density at radius 1 is 1.24 bits per heavy atom. The zero-order valence-electron chi connectivity index (χ0n) is 11.6. The van der Waals surface area contributed by atoms with Crippen molar-refractivity contribution in [3.63, 3.8) is 0 Å². The maximum Gasteiger partial charge on any atom is 0.248 e. The summed E-state index contributed by atoms with van der Waals surface area (Å²) in [5.74, 6) is 0.0861. The van der Waals surface area contributed by atoms with Gasteiger partial charge in [-0.2, -0.15) is 0 Å². The number of amides is 1. The Morgan fingerprint density at radius 3 is 2.65 bits per heavy atom. The van der Waals surface area contributed by atoms with Gasteiger partial charge in [-0.25, -0.2) is 0 Å². The number of unbranched alkanes of at least 4 members (excludes halogenated alkanes) is 4. The lowest BCUT2D eigenvalue weighted by molar-refractivity contribution is -0.130. The highest BCUT2D eigenvalue weighted by atomic mass is 16.5. The molecule has 0 spiro atoms. The van der Waals surface area contributed by atoms with Gasteiger partial charge in [0.25, 0.3) is 0 Å². The summed E-state index contributed by atoms with van der Waals surface area (Å²) in [7, 11) is 0. The molecule has 1 amide bonds. The van der Waals surface area contributed by atoms with Crippen LogP contribution < -0.4 is 0 Å². The SMILES string of the molecule is CC.CCCCCCCN1COCC=CC1=O. The quantitative estimate of drug-likeness (QED) is 0.667. The monoisotopic (exact) mass is 241 g/mol. The molecule has 0 aromatic heterocycles. The van der Waals surface area contributed by atoms with Crippen LogP contribution in [-0.2, 0) is 9.53 Å². The first-order chi connectivity index (χ1) is 8.34. The molecule has 1 aliphatic heterocycles. The van der Waals surface area contributed by atoms with Gasteiger partial charge in [-0.15, -0.1) is 0 Å². The third-order valence-electron chi connectivity index (χ3n) is 2.56. The summed E-state index contributed by atoms with van der Waals surface area (Å²) in [5, 5.41) is 0. The van der Waals surface area contributed by atoms with Crippen molar-refractivity contribution in [2.75, 3.05) is 19.9 Å². The molecule has 17 heavy (non-hydrogen) atoms. The molecular formula is C14H27NO2. The predicted octanol–water partition coefficient (Wildman–Crippen LogP) is 3.36. The van der Waals surface area contributed by atoms with Crippen molar-refractivity contribution in [3.05, 3.63) is 12.2 Å². The van der Waals surface area contributed by atoms with E-state index in [9.17, 15) is 4.79 Å². The van der Waals surface area contributed by atoms with Crippen LogP contribution in [0.5, 0.6) is 0 Å². The van der Waals surface area contributed by atoms with E-state index in [4.69, 9.17) is 4.74 Å². The zero-order valence-corrected chi connectivity index (χ0v) is 11.6. The number of ether oxygens (including phenoxy) is 1. The highest BCUT2D eigenvalue weighted by Crippen LogP contribution is 2.05. The summed E-state index contributed by atoms with van der Waals surface area (Å²) in [6, 6.07) is 0. The van der Waals surface area contributed by atoms with E-state index in [1.807, 2.05) is 13.8 Å². The topological polar surface area (TPSA) is 29.5 Å². The minimum atomic E-state index is 0.0861. The molecule has 0 saturated heterocycles. The first kappa shape index (κ1) is 16.2. The lowest BCUT2D eigenvalue weighted by Crippen LogP contribution is -2.31. The second-order valence-corrected chi connectivity index (χ2v) is 3.92. The number of hydrogen-bond acceptors (Lipinski definition) is 2. The van der Waals surface area contributed by atoms with Crippen LogP contribution >= 0.6 is 0 Å². The standard InChI is InChI=1S/C12H21NO2.C2H6/c1-2-3-4-5-6-9-13-11-15-10-7-8-12(13)14;1-2/h7-8H,2-6,9-11H2,1H3;1-2H3. The van der Waals surface area contributed by atoms with Gasteiger partial charge in [-0.3, -0.25) is 4.79 Å². The molecule has 0 atom stereocenters. The minimum absolute atomic E-state index is 0.0861. The van der Waals surface area contributed by atoms with Crippen LogP contribution in [0, 0.1) is 0 Å². The van der Waals surface area contributed by atoms with Crippen LogP contribution in [-0.4, -0.2) is 30.7 Å². The second kappa shape index (κ2) is 11.6. The van der Waals surface area contributed by atoms with Gasteiger partial charge in [0.2, 0.25) is 5.91 Å². The molecular weight excluding hydrogens is 214 g/mol. The van der Waals surface area contributed by atoms with Crippen molar-refractivity contribution in [1.82, 2.24) is 4.90 Å². The number of rotatable bonds is 6. The second-order valence-electron chi connectivity index (χ2n) is 3.92. The fourth-order valence-corrected chi connectivity index (χ4v) is 1.63. The van der Waals surface area contributed by atoms with Crippen LogP contribution in [0.1, 0.15) is 52.9 Å². The predicted molar refractivity (Wildman–Crippen MR) is 71.8 cm³/mol. The van der Waals surface area contributed by atoms with Crippen molar-refractivity contribution in [1.29, 1.82) is 0 Å². The molecule has 0 fully saturated rings. The molecule has 100 valence electrons. The first-order valence-electron chi connectivity index (χ1n) is 6.87. The van der Waals surface area contributed by atoms with Crippen LogP contribution in [0.4, 0.5) is 0 Å². The Kier molecular flexibility index (Phi) is 11.1. The van der Waals surface area contributed by atoms with E-state index in [1.165, 1.54) is 25.7 Å². The molecule has 3 heteroatoms. The third kappa shape index (κ3) is 7.97. The van der Waals surface area contributed by atoms with Crippen molar-refractivity contribution < 1.29 is 9.53 Å². The number of carbonyl (C=O) groups is 1. The van der Waals surface area contributed by atoms with E-state index in [2.05, 4.69) is 6.92 Å². The van der Waals surface area contributed by atoms with Gasteiger partial charge in [-0.1, -0.05) is 52.5 Å². The average molecular weight is 241 g/mol. The molecule has 0 aromatic carbocycles. The Labute approximate surface area is 106 Å². The Balaban J connectivity index is 0.00000121. The van der Waals surface area contributed by atoms with E-state index in [1.54, 1.807) is 17.1 Å². The Hall–Kier alpha value is -0.830. The van der Waals surface area contributed by atoms with Gasteiger partial charge in [-0.05, 0) is 6.42 Å². The molecule has 1 aliphatic rings. The maximum atomic E-state index is 11.5. The van der Waals surface area contributed by atoms with Gasteiger partial charge < -0.3 is 9.64 Å². The van der Waals surface area contributed by atoms with Gasteiger partial charge in [0.15, 0.2) is 0 Å². The summed E-state index contributed by atoms with van der Waals surface area (Å²) in [4.78, 5) is 13.3. The van der Waals surface area contributed by atoms with E-state index in [0.29, 0.717) is 13.3 Å². The lowest BCUT2D eigenvalue weighted by atomic mass is 10.1. The van der Waals surface area contributed by atoms with Gasteiger partial charge in [0.05, 0.1) is 6.61 Å². The fraction of sp³-hybridized carbons (Fsp3) is 0.786. The molecule has 0 N–H and O–H groups in total. The zero-order chi connectivity index (χ0) is 12.9. The van der Waals surface area contributed by atoms with Crippen molar-refractivity contribution in [2.45, 2.75) is 52.9 Å². The summed E-state index contributed by atoms with van der Waals surface area (Å²) in [5.41, 5.74) is 0. The molecule has 0 unspecified atom stereocenters. The van der Waals surface area contributed by atoms with Crippen molar-refractivity contribution in [2.24, 2.45) is 0 Å². The van der Waals surface area contributed by atoms with Crippen LogP contribution in [0.3, 0.4) is 0 Å². The fourth-order valence-electron chi connectivity index (χ4n) is 1.63. The highest BCUT2D eigenvalue weighted by molar-refractivity contribution is 5.87. The maximum absolute atomic E-state index is 11.5. The molecule has 0 aromatic rings. The average Bonchev–Trinajstić information content (AvgIpc) is 2.57. The number of nitrogens with zero attached hydrogens (tertiary/aromatic N) is 1. The highest BCUT2D eigenvalue weighted by Gasteiger charge is 2.11. The van der Waals surface area contributed by atoms with Crippen molar-refractivity contribution >= 4 is 5.91 Å². The Morgan fingerprint density at radius 2 is 1.94 bits per heavy atom. The minimum Gasteiger partial charge on any atom is -0.357 e.